The van der Waals surface area contributed by atoms with E-state index < -0.39 is 0 Å². The molecule has 0 rings (SSSR count). The van der Waals surface area contributed by atoms with Crippen LogP contribution in [0.1, 0.15) is 6.92 Å². The van der Waals surface area contributed by atoms with E-state index in [-0.39, 0.29) is 6.04 Å². The molecule has 0 aliphatic rings. The first kappa shape index (κ1) is 11.4. The summed E-state index contributed by atoms with van der Waals surface area (Å²) in [6, 6.07) is 0.246. The maximum absolute atomic E-state index is 5.58. The molecule has 12 heavy (non-hydrogen) atoms. The van der Waals surface area contributed by atoms with Gasteiger partial charge in [0.2, 0.25) is 0 Å². The van der Waals surface area contributed by atoms with Gasteiger partial charge in [0.1, 0.15) is 0 Å². The van der Waals surface area contributed by atoms with Gasteiger partial charge in [-0.25, -0.2) is 0 Å². The Morgan fingerprint density at radius 3 is 2.67 bits per heavy atom. The van der Waals surface area contributed by atoms with Crippen molar-refractivity contribution in [1.82, 2.24) is 4.90 Å². The molecule has 0 aromatic rings. The highest BCUT2D eigenvalue weighted by atomic mass is 16.5. The fourth-order valence-corrected chi connectivity index (χ4v) is 1.13. The van der Waals surface area contributed by atoms with Crippen LogP contribution in [0.15, 0.2) is 0 Å². The van der Waals surface area contributed by atoms with Crippen molar-refractivity contribution in [3.8, 4) is 12.3 Å². The molecular formula is C9H18N2O. The van der Waals surface area contributed by atoms with E-state index in [0.29, 0.717) is 19.7 Å². The monoisotopic (exact) mass is 170 g/mol. The van der Waals surface area contributed by atoms with Crippen LogP contribution in [0, 0.1) is 12.3 Å². The number of likely N-dealkylation sites (N-methyl/N-ethyl adjacent to an activating group) is 1. The van der Waals surface area contributed by atoms with Gasteiger partial charge in [-0.1, -0.05) is 12.8 Å². The minimum Gasteiger partial charge on any atom is -0.383 e. The Balaban J connectivity index is 3.95. The second kappa shape index (κ2) is 7.11. The Hall–Kier alpha value is -0.560. The van der Waals surface area contributed by atoms with Crippen LogP contribution in [0.4, 0.5) is 0 Å². The zero-order chi connectivity index (χ0) is 9.40. The first-order valence-electron chi connectivity index (χ1n) is 4.16. The van der Waals surface area contributed by atoms with Crippen LogP contribution in [-0.2, 0) is 4.74 Å². The first-order chi connectivity index (χ1) is 5.79. The Bertz CT molecular complexity index is 142. The van der Waals surface area contributed by atoms with Gasteiger partial charge < -0.3 is 10.5 Å². The van der Waals surface area contributed by atoms with E-state index in [9.17, 15) is 0 Å². The highest BCUT2D eigenvalue weighted by Crippen LogP contribution is 1.97. The smallest absolute Gasteiger partial charge is 0.0630 e. The lowest BCUT2D eigenvalue weighted by Gasteiger charge is -2.26. The molecule has 3 heteroatoms. The summed E-state index contributed by atoms with van der Waals surface area (Å²) in [4.78, 5) is 2.13. The third-order valence-electron chi connectivity index (χ3n) is 1.85. The van der Waals surface area contributed by atoms with Crippen molar-refractivity contribution >= 4 is 0 Å². The van der Waals surface area contributed by atoms with Crippen molar-refractivity contribution in [3.63, 3.8) is 0 Å². The van der Waals surface area contributed by atoms with Gasteiger partial charge in [-0.15, -0.1) is 6.42 Å². The molecule has 0 aromatic carbocycles. The van der Waals surface area contributed by atoms with Crippen molar-refractivity contribution in [3.05, 3.63) is 0 Å². The van der Waals surface area contributed by atoms with Crippen molar-refractivity contribution in [2.24, 2.45) is 5.73 Å². The van der Waals surface area contributed by atoms with Crippen LogP contribution >= 0.6 is 0 Å². The van der Waals surface area contributed by atoms with Crippen LogP contribution in [0.25, 0.3) is 0 Å². The SMILES string of the molecule is C#CCN(CC)C(CN)COC. The van der Waals surface area contributed by atoms with Gasteiger partial charge in [-0.2, -0.15) is 0 Å². The van der Waals surface area contributed by atoms with Crippen molar-refractivity contribution < 1.29 is 4.74 Å². The molecule has 0 radical (unpaired) electrons. The maximum Gasteiger partial charge on any atom is 0.0630 e. The number of rotatable bonds is 6. The second-order valence-corrected chi connectivity index (χ2v) is 2.61. The molecule has 0 saturated heterocycles. The molecular weight excluding hydrogens is 152 g/mol. The number of nitrogens with two attached hydrogens (primary N) is 1. The average Bonchev–Trinajstić information content (AvgIpc) is 2.11. The molecule has 70 valence electrons. The molecule has 2 N–H and O–H groups in total. The normalized spacial score (nSPS) is 12.9. The third-order valence-corrected chi connectivity index (χ3v) is 1.85. The topological polar surface area (TPSA) is 38.5 Å². The van der Waals surface area contributed by atoms with Gasteiger partial charge in [-0.05, 0) is 6.54 Å². The highest BCUT2D eigenvalue weighted by Gasteiger charge is 2.13. The molecule has 3 nitrogen and oxygen atoms in total. The summed E-state index contributed by atoms with van der Waals surface area (Å²) in [6.45, 7) is 4.85. The summed E-state index contributed by atoms with van der Waals surface area (Å²) >= 11 is 0. The Labute approximate surface area is 74.9 Å². The summed E-state index contributed by atoms with van der Waals surface area (Å²) < 4.78 is 5.03. The molecule has 0 aliphatic heterocycles. The number of ether oxygens (including phenoxy) is 1. The Kier molecular flexibility index (Phi) is 6.78. The van der Waals surface area contributed by atoms with Crippen LogP contribution in [0.5, 0.6) is 0 Å². The van der Waals surface area contributed by atoms with Gasteiger partial charge in [0.15, 0.2) is 0 Å². The standard InChI is InChI=1S/C9H18N2O/c1-4-6-11(5-2)9(7-10)8-12-3/h1,9H,5-8,10H2,2-3H3. The molecule has 0 aromatic heterocycles. The van der Waals surface area contributed by atoms with E-state index >= 15 is 0 Å². The third kappa shape index (κ3) is 3.72. The predicted molar refractivity (Wildman–Crippen MR) is 50.8 cm³/mol. The lowest BCUT2D eigenvalue weighted by molar-refractivity contribution is 0.106. The predicted octanol–water partition coefficient (Wildman–Crippen LogP) is -0.0848. The molecule has 1 atom stereocenters. The van der Waals surface area contributed by atoms with E-state index in [1.807, 2.05) is 0 Å². The fourth-order valence-electron chi connectivity index (χ4n) is 1.13. The van der Waals surface area contributed by atoms with Crippen LogP contribution in [0.3, 0.4) is 0 Å². The number of terminal acetylenes is 1. The van der Waals surface area contributed by atoms with E-state index in [1.165, 1.54) is 0 Å². The van der Waals surface area contributed by atoms with Gasteiger partial charge in [-0.3, -0.25) is 4.90 Å². The Morgan fingerprint density at radius 2 is 2.33 bits per heavy atom. The first-order valence-corrected chi connectivity index (χ1v) is 4.16. The average molecular weight is 170 g/mol. The van der Waals surface area contributed by atoms with Crippen LogP contribution in [-0.4, -0.2) is 44.3 Å². The van der Waals surface area contributed by atoms with E-state index in [0.717, 1.165) is 6.54 Å². The zero-order valence-electron chi connectivity index (χ0n) is 7.92. The van der Waals surface area contributed by atoms with E-state index in [2.05, 4.69) is 17.7 Å². The number of hydrogen-bond donors (Lipinski definition) is 1. The van der Waals surface area contributed by atoms with Gasteiger partial charge in [0.05, 0.1) is 13.2 Å². The summed E-state index contributed by atoms with van der Waals surface area (Å²) in [6.07, 6.45) is 5.22. The molecule has 0 saturated carbocycles. The summed E-state index contributed by atoms with van der Waals surface area (Å²) in [5, 5.41) is 0. The van der Waals surface area contributed by atoms with Crippen molar-refractivity contribution in [1.29, 1.82) is 0 Å². The summed E-state index contributed by atoms with van der Waals surface area (Å²) in [7, 11) is 1.67. The van der Waals surface area contributed by atoms with E-state index in [4.69, 9.17) is 16.9 Å². The van der Waals surface area contributed by atoms with Crippen LogP contribution in [0.2, 0.25) is 0 Å². The lowest BCUT2D eigenvalue weighted by Crippen LogP contribution is -2.43. The minimum absolute atomic E-state index is 0.246. The van der Waals surface area contributed by atoms with Crippen molar-refractivity contribution in [2.45, 2.75) is 13.0 Å². The number of methoxy groups -OCH3 is 1. The summed E-state index contributed by atoms with van der Waals surface area (Å²) in [5.41, 5.74) is 5.58. The molecule has 0 spiro atoms. The molecule has 1 unspecified atom stereocenters. The minimum atomic E-state index is 0.246. The fraction of sp³-hybridized carbons (Fsp3) is 0.778. The van der Waals surface area contributed by atoms with Crippen LogP contribution < -0.4 is 5.73 Å². The van der Waals surface area contributed by atoms with Crippen molar-refractivity contribution in [2.75, 3.05) is 33.4 Å². The molecule has 0 amide bonds. The van der Waals surface area contributed by atoms with E-state index in [1.54, 1.807) is 7.11 Å². The van der Waals surface area contributed by atoms with Gasteiger partial charge in [0, 0.05) is 19.7 Å². The molecule has 0 bridgehead atoms. The highest BCUT2D eigenvalue weighted by molar-refractivity contribution is 4.90. The number of nitrogens with zero attached hydrogens (tertiary/aromatic N) is 1. The second-order valence-electron chi connectivity index (χ2n) is 2.61. The maximum atomic E-state index is 5.58. The Morgan fingerprint density at radius 1 is 1.67 bits per heavy atom. The molecule has 0 fully saturated rings. The molecule has 0 aliphatic carbocycles. The largest absolute Gasteiger partial charge is 0.383 e. The quantitative estimate of drug-likeness (QED) is 0.566. The molecule has 0 heterocycles. The zero-order valence-corrected chi connectivity index (χ0v) is 7.92. The lowest BCUT2D eigenvalue weighted by atomic mass is 10.2. The summed E-state index contributed by atoms with van der Waals surface area (Å²) in [5.74, 6) is 2.61. The number of hydrogen-bond acceptors (Lipinski definition) is 3. The van der Waals surface area contributed by atoms with Gasteiger partial charge in [0.25, 0.3) is 0 Å². The van der Waals surface area contributed by atoms with Gasteiger partial charge >= 0.3 is 0 Å².